The fourth-order valence-electron chi connectivity index (χ4n) is 3.24. The van der Waals surface area contributed by atoms with Crippen LogP contribution in [0.4, 0.5) is 5.69 Å². The molecule has 1 heterocycles. The van der Waals surface area contributed by atoms with Crippen LogP contribution >= 0.6 is 0 Å². The molecule has 5 nitrogen and oxygen atoms in total. The topological polar surface area (TPSA) is 64.6 Å². The number of fused-ring (bicyclic) bond motifs is 1. The van der Waals surface area contributed by atoms with E-state index < -0.39 is 18.0 Å². The van der Waals surface area contributed by atoms with Gasteiger partial charge in [-0.3, -0.25) is 4.79 Å². The van der Waals surface area contributed by atoms with Gasteiger partial charge in [0.2, 0.25) is 6.10 Å². The number of carbonyl (C=O) groups excluding carboxylic acids is 2. The highest BCUT2D eigenvalue weighted by molar-refractivity contribution is 5.84. The molecule has 1 atom stereocenters. The summed E-state index contributed by atoms with van der Waals surface area (Å²) < 4.78 is 10.7. The highest BCUT2D eigenvalue weighted by atomic mass is 16.6. The summed E-state index contributed by atoms with van der Waals surface area (Å²) in [4.78, 5) is 24.1. The maximum atomic E-state index is 12.7. The number of hydrogen-bond acceptors (Lipinski definition) is 5. The Morgan fingerprint density at radius 1 is 1.07 bits per heavy atom. The Balaban J connectivity index is 1.85. The van der Waals surface area contributed by atoms with Gasteiger partial charge in [0.25, 0.3) is 0 Å². The van der Waals surface area contributed by atoms with Crippen molar-refractivity contribution in [1.29, 1.82) is 0 Å². The summed E-state index contributed by atoms with van der Waals surface area (Å²) in [5, 5.41) is 3.44. The van der Waals surface area contributed by atoms with E-state index in [-0.39, 0.29) is 5.54 Å². The smallest absolute Gasteiger partial charge is 0.357 e. The van der Waals surface area contributed by atoms with Crippen LogP contribution in [0, 0.1) is 0 Å². The number of nitrogens with one attached hydrogen (secondary N) is 1. The van der Waals surface area contributed by atoms with Crippen molar-refractivity contribution in [3.63, 3.8) is 0 Å². The van der Waals surface area contributed by atoms with Crippen molar-refractivity contribution in [2.75, 3.05) is 5.32 Å². The molecule has 0 aromatic heterocycles. The monoisotopic (exact) mass is 365 g/mol. The van der Waals surface area contributed by atoms with Crippen LogP contribution in [0.25, 0.3) is 5.57 Å². The molecule has 0 radical (unpaired) electrons. The zero-order chi connectivity index (χ0) is 19.6. The van der Waals surface area contributed by atoms with Gasteiger partial charge in [-0.05, 0) is 44.5 Å². The van der Waals surface area contributed by atoms with Crippen LogP contribution in [-0.2, 0) is 14.3 Å². The molecule has 2 aromatic carbocycles. The summed E-state index contributed by atoms with van der Waals surface area (Å²) in [6, 6.07) is 14.3. The summed E-state index contributed by atoms with van der Waals surface area (Å²) in [6.45, 7) is 7.48. The van der Waals surface area contributed by atoms with Crippen molar-refractivity contribution in [1.82, 2.24) is 0 Å². The lowest BCUT2D eigenvalue weighted by molar-refractivity contribution is -0.161. The molecule has 0 amide bonds. The number of ether oxygens (including phenoxy) is 2. The predicted molar refractivity (Wildman–Crippen MR) is 104 cm³/mol. The van der Waals surface area contributed by atoms with Gasteiger partial charge in [-0.2, -0.15) is 0 Å². The maximum absolute atomic E-state index is 12.7. The fourth-order valence-corrected chi connectivity index (χ4v) is 3.24. The molecule has 0 aliphatic carbocycles. The van der Waals surface area contributed by atoms with E-state index in [2.05, 4.69) is 25.2 Å². The molecule has 0 saturated heterocycles. The zero-order valence-electron chi connectivity index (χ0n) is 15.9. The van der Waals surface area contributed by atoms with E-state index in [0.717, 1.165) is 16.8 Å². The van der Waals surface area contributed by atoms with E-state index >= 15 is 0 Å². The number of benzene rings is 2. The first-order chi connectivity index (χ1) is 12.7. The summed E-state index contributed by atoms with van der Waals surface area (Å²) in [5.74, 6) is -0.778. The van der Waals surface area contributed by atoms with Crippen LogP contribution in [0.1, 0.15) is 44.9 Å². The third-order valence-electron chi connectivity index (χ3n) is 4.27. The minimum Gasteiger partial charge on any atom is -0.446 e. The Kier molecular flexibility index (Phi) is 5.04. The first kappa shape index (κ1) is 18.7. The first-order valence-electron chi connectivity index (χ1n) is 8.81. The van der Waals surface area contributed by atoms with E-state index in [4.69, 9.17) is 9.47 Å². The quantitative estimate of drug-likeness (QED) is 0.638. The largest absolute Gasteiger partial charge is 0.446 e. The lowest BCUT2D eigenvalue weighted by Gasteiger charge is -2.31. The van der Waals surface area contributed by atoms with E-state index in [1.54, 1.807) is 30.3 Å². The maximum Gasteiger partial charge on any atom is 0.357 e. The summed E-state index contributed by atoms with van der Waals surface area (Å²) in [7, 11) is 0. The third-order valence-corrected chi connectivity index (χ3v) is 4.27. The molecule has 2 aromatic rings. The van der Waals surface area contributed by atoms with E-state index in [1.807, 2.05) is 25.1 Å². The summed E-state index contributed by atoms with van der Waals surface area (Å²) in [5.41, 5.74) is 3.49. The molecule has 0 bridgehead atoms. The van der Waals surface area contributed by atoms with E-state index in [0.29, 0.717) is 11.3 Å². The molecule has 0 fully saturated rings. The molecule has 0 saturated carbocycles. The van der Waals surface area contributed by atoms with Crippen molar-refractivity contribution in [2.24, 2.45) is 0 Å². The Bertz CT molecular complexity index is 900. The molecule has 1 aliphatic rings. The van der Waals surface area contributed by atoms with Crippen LogP contribution in [0.15, 0.2) is 54.6 Å². The average Bonchev–Trinajstić information content (AvgIpc) is 2.60. The van der Waals surface area contributed by atoms with Crippen LogP contribution < -0.4 is 10.1 Å². The second kappa shape index (κ2) is 7.27. The standard InChI is InChI=1S/C22H23NO4/c1-14-13-22(3,4)23-19-11-10-17(12-18(14)19)27-21(25)20(26-15(2)24)16-8-6-5-7-9-16/h5-13,20,23H,1-4H3/t20-/m0/s1. The Morgan fingerprint density at radius 3 is 2.44 bits per heavy atom. The van der Waals surface area contributed by atoms with Gasteiger partial charge >= 0.3 is 11.9 Å². The van der Waals surface area contributed by atoms with Gasteiger partial charge in [-0.25, -0.2) is 4.79 Å². The number of hydrogen-bond donors (Lipinski definition) is 1. The highest BCUT2D eigenvalue weighted by Gasteiger charge is 2.27. The van der Waals surface area contributed by atoms with Crippen LogP contribution in [0.5, 0.6) is 5.75 Å². The van der Waals surface area contributed by atoms with E-state index in [1.165, 1.54) is 6.92 Å². The molecular formula is C22H23NO4. The molecule has 1 N–H and O–H groups in total. The molecule has 0 spiro atoms. The van der Waals surface area contributed by atoms with Crippen LogP contribution in [0.2, 0.25) is 0 Å². The van der Waals surface area contributed by atoms with Crippen molar-refractivity contribution < 1.29 is 19.1 Å². The Morgan fingerprint density at radius 2 is 1.78 bits per heavy atom. The molecule has 5 heteroatoms. The summed E-state index contributed by atoms with van der Waals surface area (Å²) in [6.07, 6.45) is 1.03. The number of rotatable bonds is 4. The van der Waals surface area contributed by atoms with Gasteiger partial charge in [0.15, 0.2) is 0 Å². The minimum absolute atomic E-state index is 0.136. The van der Waals surface area contributed by atoms with Gasteiger partial charge in [0, 0.05) is 23.7 Å². The van der Waals surface area contributed by atoms with Gasteiger partial charge in [-0.1, -0.05) is 36.4 Å². The predicted octanol–water partition coefficient (Wildman–Crippen LogP) is 4.50. The van der Waals surface area contributed by atoms with E-state index in [9.17, 15) is 9.59 Å². The van der Waals surface area contributed by atoms with Crippen molar-refractivity contribution in [3.8, 4) is 5.75 Å². The lowest BCUT2D eigenvalue weighted by atomic mass is 9.91. The Hall–Kier alpha value is -3.08. The van der Waals surface area contributed by atoms with Gasteiger partial charge in [0.05, 0.1) is 5.54 Å². The highest BCUT2D eigenvalue weighted by Crippen LogP contribution is 2.36. The normalized spacial score (nSPS) is 15.6. The first-order valence-corrected chi connectivity index (χ1v) is 8.81. The second-order valence-electron chi connectivity index (χ2n) is 7.20. The Labute approximate surface area is 159 Å². The molecule has 0 unspecified atom stereocenters. The molecular weight excluding hydrogens is 342 g/mol. The number of carbonyl (C=O) groups is 2. The van der Waals surface area contributed by atoms with Crippen molar-refractivity contribution in [2.45, 2.75) is 39.3 Å². The molecule has 27 heavy (non-hydrogen) atoms. The van der Waals surface area contributed by atoms with Gasteiger partial charge in [-0.15, -0.1) is 0 Å². The van der Waals surface area contributed by atoms with Crippen molar-refractivity contribution in [3.05, 3.63) is 65.7 Å². The SMILES string of the molecule is CC(=O)O[C@H](C(=O)Oc1ccc2c(c1)C(C)=CC(C)(C)N2)c1ccccc1. The van der Waals surface area contributed by atoms with Crippen LogP contribution in [-0.4, -0.2) is 17.5 Å². The zero-order valence-corrected chi connectivity index (χ0v) is 15.9. The van der Waals surface area contributed by atoms with Gasteiger partial charge < -0.3 is 14.8 Å². The number of allylic oxidation sites excluding steroid dienone is 1. The average molecular weight is 365 g/mol. The number of esters is 2. The van der Waals surface area contributed by atoms with Crippen LogP contribution in [0.3, 0.4) is 0 Å². The number of anilines is 1. The third kappa shape index (κ3) is 4.37. The van der Waals surface area contributed by atoms with Crippen molar-refractivity contribution >= 4 is 23.2 Å². The molecule has 140 valence electrons. The molecule has 3 rings (SSSR count). The fraction of sp³-hybridized carbons (Fsp3) is 0.273. The lowest BCUT2D eigenvalue weighted by Crippen LogP contribution is -2.31. The van der Waals surface area contributed by atoms with Gasteiger partial charge in [0.1, 0.15) is 5.75 Å². The second-order valence-corrected chi connectivity index (χ2v) is 7.20. The molecule has 1 aliphatic heterocycles. The minimum atomic E-state index is -1.10. The summed E-state index contributed by atoms with van der Waals surface area (Å²) >= 11 is 0.